The number of benzene rings is 1. The number of amides is 1. The van der Waals surface area contributed by atoms with Crippen molar-refractivity contribution in [2.24, 2.45) is 0 Å². The van der Waals surface area contributed by atoms with Crippen LogP contribution in [0.4, 0.5) is 11.4 Å². The molecule has 0 saturated carbocycles. The minimum atomic E-state index is -0.0982. The third kappa shape index (κ3) is 1.69. The lowest BCUT2D eigenvalue weighted by molar-refractivity contribution is -0.117. The zero-order valence-electron chi connectivity index (χ0n) is 9.35. The zero-order valence-corrected chi connectivity index (χ0v) is 9.35. The SMILES string of the molecule is CCC1Nc2c(C)cc(C)cc2NC1=O. The summed E-state index contributed by atoms with van der Waals surface area (Å²) in [4.78, 5) is 11.6. The molecule has 0 bridgehead atoms. The molecule has 2 rings (SSSR count). The molecule has 3 heteroatoms. The Morgan fingerprint density at radius 1 is 1.33 bits per heavy atom. The number of carbonyl (C=O) groups excluding carboxylic acids is 1. The van der Waals surface area contributed by atoms with E-state index in [9.17, 15) is 4.79 Å². The van der Waals surface area contributed by atoms with Crippen LogP contribution in [0, 0.1) is 13.8 Å². The molecule has 0 spiro atoms. The van der Waals surface area contributed by atoms with Crippen LogP contribution >= 0.6 is 0 Å². The third-order valence-corrected chi connectivity index (χ3v) is 2.78. The van der Waals surface area contributed by atoms with Crippen molar-refractivity contribution in [3.8, 4) is 0 Å². The lowest BCUT2D eigenvalue weighted by atomic mass is 10.0. The maximum atomic E-state index is 11.6. The molecule has 0 fully saturated rings. The first-order valence-corrected chi connectivity index (χ1v) is 5.30. The van der Waals surface area contributed by atoms with E-state index in [0.29, 0.717) is 0 Å². The minimum absolute atomic E-state index is 0.0648. The highest BCUT2D eigenvalue weighted by Crippen LogP contribution is 2.31. The molecule has 1 atom stereocenters. The fraction of sp³-hybridized carbons (Fsp3) is 0.417. The van der Waals surface area contributed by atoms with E-state index in [1.165, 1.54) is 11.1 Å². The predicted molar refractivity (Wildman–Crippen MR) is 62.2 cm³/mol. The molecule has 1 aromatic rings. The lowest BCUT2D eigenvalue weighted by Crippen LogP contribution is -2.38. The number of fused-ring (bicyclic) bond motifs is 1. The number of rotatable bonds is 1. The number of carbonyl (C=O) groups is 1. The van der Waals surface area contributed by atoms with E-state index in [2.05, 4.69) is 23.6 Å². The Labute approximate surface area is 89.9 Å². The van der Waals surface area contributed by atoms with Crippen LogP contribution < -0.4 is 10.6 Å². The first kappa shape index (κ1) is 10.0. The van der Waals surface area contributed by atoms with Crippen molar-refractivity contribution in [3.63, 3.8) is 0 Å². The first-order valence-electron chi connectivity index (χ1n) is 5.30. The highest BCUT2D eigenvalue weighted by molar-refractivity contribution is 6.03. The summed E-state index contributed by atoms with van der Waals surface area (Å²) >= 11 is 0. The van der Waals surface area contributed by atoms with Crippen LogP contribution in [0.25, 0.3) is 0 Å². The van der Waals surface area contributed by atoms with Crippen molar-refractivity contribution in [3.05, 3.63) is 23.3 Å². The average molecular weight is 204 g/mol. The van der Waals surface area contributed by atoms with Crippen LogP contribution in [0.2, 0.25) is 0 Å². The second-order valence-electron chi connectivity index (χ2n) is 4.10. The highest BCUT2D eigenvalue weighted by Gasteiger charge is 2.24. The van der Waals surface area contributed by atoms with Gasteiger partial charge in [0.05, 0.1) is 11.4 Å². The van der Waals surface area contributed by atoms with Crippen LogP contribution in [0.1, 0.15) is 24.5 Å². The van der Waals surface area contributed by atoms with Crippen molar-refractivity contribution in [1.29, 1.82) is 0 Å². The van der Waals surface area contributed by atoms with Crippen molar-refractivity contribution < 1.29 is 4.79 Å². The molecule has 3 nitrogen and oxygen atoms in total. The van der Waals surface area contributed by atoms with Gasteiger partial charge in [0.15, 0.2) is 0 Å². The number of nitrogens with one attached hydrogen (secondary N) is 2. The molecule has 0 aliphatic carbocycles. The normalized spacial score (nSPS) is 19.1. The van der Waals surface area contributed by atoms with Gasteiger partial charge in [0, 0.05) is 0 Å². The largest absolute Gasteiger partial charge is 0.372 e. The maximum Gasteiger partial charge on any atom is 0.246 e. The summed E-state index contributed by atoms with van der Waals surface area (Å²) in [6.45, 7) is 6.10. The van der Waals surface area contributed by atoms with Gasteiger partial charge in [-0.2, -0.15) is 0 Å². The summed E-state index contributed by atoms with van der Waals surface area (Å²) < 4.78 is 0. The number of hydrogen-bond donors (Lipinski definition) is 2. The molecule has 1 unspecified atom stereocenters. The van der Waals surface area contributed by atoms with Gasteiger partial charge in [-0.3, -0.25) is 4.79 Å². The van der Waals surface area contributed by atoms with Gasteiger partial charge in [0.1, 0.15) is 6.04 Å². The lowest BCUT2D eigenvalue weighted by Gasteiger charge is -2.27. The smallest absolute Gasteiger partial charge is 0.246 e. The van der Waals surface area contributed by atoms with Gasteiger partial charge in [-0.25, -0.2) is 0 Å². The highest BCUT2D eigenvalue weighted by atomic mass is 16.2. The van der Waals surface area contributed by atoms with Crippen molar-refractivity contribution in [2.45, 2.75) is 33.2 Å². The Kier molecular flexibility index (Phi) is 2.39. The van der Waals surface area contributed by atoms with E-state index in [1.54, 1.807) is 0 Å². The van der Waals surface area contributed by atoms with E-state index in [-0.39, 0.29) is 11.9 Å². The molecule has 0 radical (unpaired) electrons. The monoisotopic (exact) mass is 204 g/mol. The second kappa shape index (κ2) is 3.57. The fourth-order valence-corrected chi connectivity index (χ4v) is 2.00. The van der Waals surface area contributed by atoms with Gasteiger partial charge in [-0.15, -0.1) is 0 Å². The first-order chi connectivity index (χ1) is 7.11. The Morgan fingerprint density at radius 2 is 2.07 bits per heavy atom. The van der Waals surface area contributed by atoms with Gasteiger partial charge in [0.2, 0.25) is 5.91 Å². The minimum Gasteiger partial charge on any atom is -0.372 e. The Bertz CT molecular complexity index is 412. The number of anilines is 2. The van der Waals surface area contributed by atoms with Crippen molar-refractivity contribution >= 4 is 17.3 Å². The summed E-state index contributed by atoms with van der Waals surface area (Å²) in [6, 6.07) is 4.02. The Balaban J connectivity index is 2.45. The van der Waals surface area contributed by atoms with Crippen molar-refractivity contribution in [2.75, 3.05) is 10.6 Å². The van der Waals surface area contributed by atoms with E-state index in [0.717, 1.165) is 17.8 Å². The van der Waals surface area contributed by atoms with Crippen LogP contribution in [-0.4, -0.2) is 11.9 Å². The van der Waals surface area contributed by atoms with Crippen LogP contribution in [0.15, 0.2) is 12.1 Å². The molecule has 0 aromatic heterocycles. The molecule has 1 aliphatic heterocycles. The summed E-state index contributed by atoms with van der Waals surface area (Å²) in [7, 11) is 0. The Hall–Kier alpha value is -1.51. The van der Waals surface area contributed by atoms with E-state index in [4.69, 9.17) is 0 Å². The Morgan fingerprint density at radius 3 is 2.73 bits per heavy atom. The number of hydrogen-bond acceptors (Lipinski definition) is 2. The molecular weight excluding hydrogens is 188 g/mol. The van der Waals surface area contributed by atoms with Gasteiger partial charge in [-0.05, 0) is 37.5 Å². The standard InChI is InChI=1S/C12H16N2O/c1-4-9-12(15)14-10-6-7(2)5-8(3)11(10)13-9/h5-6,9,13H,4H2,1-3H3,(H,14,15). The quantitative estimate of drug-likeness (QED) is 0.737. The van der Waals surface area contributed by atoms with Gasteiger partial charge >= 0.3 is 0 Å². The van der Waals surface area contributed by atoms with Crippen LogP contribution in [0.5, 0.6) is 0 Å². The fourth-order valence-electron chi connectivity index (χ4n) is 2.00. The zero-order chi connectivity index (χ0) is 11.0. The average Bonchev–Trinajstić information content (AvgIpc) is 2.16. The van der Waals surface area contributed by atoms with E-state index >= 15 is 0 Å². The molecule has 1 aliphatic rings. The molecule has 15 heavy (non-hydrogen) atoms. The van der Waals surface area contributed by atoms with Gasteiger partial charge in [0.25, 0.3) is 0 Å². The molecule has 80 valence electrons. The summed E-state index contributed by atoms with van der Waals surface area (Å²) in [5, 5.41) is 6.22. The van der Waals surface area contributed by atoms with Crippen molar-refractivity contribution in [1.82, 2.24) is 0 Å². The molecule has 1 heterocycles. The second-order valence-corrected chi connectivity index (χ2v) is 4.10. The molecule has 1 aromatic carbocycles. The summed E-state index contributed by atoms with van der Waals surface area (Å²) in [6.07, 6.45) is 0.804. The predicted octanol–water partition coefficient (Wildman–Crippen LogP) is 2.45. The topological polar surface area (TPSA) is 41.1 Å². The summed E-state index contributed by atoms with van der Waals surface area (Å²) in [5.74, 6) is 0.0648. The summed E-state index contributed by atoms with van der Waals surface area (Å²) in [5.41, 5.74) is 4.32. The molecule has 2 N–H and O–H groups in total. The molecule has 0 saturated heterocycles. The van der Waals surface area contributed by atoms with Gasteiger partial charge < -0.3 is 10.6 Å². The molecule has 1 amide bonds. The van der Waals surface area contributed by atoms with E-state index in [1.807, 2.05) is 19.9 Å². The molecular formula is C12H16N2O. The maximum absolute atomic E-state index is 11.6. The number of aryl methyl sites for hydroxylation is 2. The third-order valence-electron chi connectivity index (χ3n) is 2.78. The van der Waals surface area contributed by atoms with E-state index < -0.39 is 0 Å². The van der Waals surface area contributed by atoms with Gasteiger partial charge in [-0.1, -0.05) is 13.0 Å². The van der Waals surface area contributed by atoms with Crippen LogP contribution in [-0.2, 0) is 4.79 Å². The van der Waals surface area contributed by atoms with Crippen LogP contribution in [0.3, 0.4) is 0 Å².